The van der Waals surface area contributed by atoms with E-state index in [1.165, 1.54) is 0 Å². The van der Waals surface area contributed by atoms with Crippen molar-refractivity contribution in [1.82, 2.24) is 14.6 Å². The van der Waals surface area contributed by atoms with Crippen LogP contribution in [0, 0.1) is 13.8 Å². The van der Waals surface area contributed by atoms with Crippen LogP contribution in [-0.4, -0.2) is 27.2 Å². The number of aromatic nitrogens is 3. The van der Waals surface area contributed by atoms with E-state index in [0.29, 0.717) is 17.9 Å². The number of fused-ring (bicyclic) bond motifs is 1. The summed E-state index contributed by atoms with van der Waals surface area (Å²) in [7, 11) is 0. The molecule has 2 heterocycles. The summed E-state index contributed by atoms with van der Waals surface area (Å²) in [6, 6.07) is 7.84. The Morgan fingerprint density at radius 2 is 2.00 bits per heavy atom. The lowest BCUT2D eigenvalue weighted by Gasteiger charge is -2.12. The highest BCUT2D eigenvalue weighted by molar-refractivity contribution is 9.10. The van der Waals surface area contributed by atoms with Gasteiger partial charge in [0.05, 0.1) is 17.9 Å². The molecule has 1 aromatic carbocycles. The zero-order valence-corrected chi connectivity index (χ0v) is 17.2. The highest BCUT2D eigenvalue weighted by atomic mass is 79.9. The monoisotopic (exact) mass is 415 g/mol. The van der Waals surface area contributed by atoms with Crippen LogP contribution in [0.15, 0.2) is 28.7 Å². The fraction of sp³-hybridized carbons (Fsp3) is 0.350. The number of rotatable bonds is 4. The second-order valence-electron chi connectivity index (χ2n) is 6.57. The van der Waals surface area contributed by atoms with Gasteiger partial charge in [-0.2, -0.15) is 5.10 Å². The van der Waals surface area contributed by atoms with Crippen molar-refractivity contribution in [2.24, 2.45) is 0 Å². The molecule has 3 rings (SSSR count). The number of benzene rings is 1. The Hall–Kier alpha value is -2.21. The molecule has 0 fully saturated rings. The Kier molecular flexibility index (Phi) is 5.14. The van der Waals surface area contributed by atoms with Crippen LogP contribution in [0.5, 0.6) is 0 Å². The topological polar surface area (TPSA) is 56.5 Å². The average Bonchev–Trinajstić information content (AvgIpc) is 2.90. The van der Waals surface area contributed by atoms with E-state index in [4.69, 9.17) is 9.84 Å². The minimum Gasteiger partial charge on any atom is -0.461 e. The van der Waals surface area contributed by atoms with Crippen molar-refractivity contribution in [3.8, 4) is 11.1 Å². The maximum Gasteiger partial charge on any atom is 0.357 e. The van der Waals surface area contributed by atoms with E-state index in [2.05, 4.69) is 47.8 Å². The van der Waals surface area contributed by atoms with Crippen molar-refractivity contribution < 1.29 is 9.53 Å². The van der Waals surface area contributed by atoms with Gasteiger partial charge in [0.2, 0.25) is 0 Å². The molecule has 0 bridgehead atoms. The maximum atomic E-state index is 12.3. The van der Waals surface area contributed by atoms with Gasteiger partial charge in [0.15, 0.2) is 11.3 Å². The number of nitrogens with zero attached hydrogens (tertiary/aromatic N) is 3. The first-order valence-electron chi connectivity index (χ1n) is 8.68. The Balaban J connectivity index is 2.38. The molecule has 0 N–H and O–H groups in total. The van der Waals surface area contributed by atoms with Gasteiger partial charge < -0.3 is 4.74 Å². The largest absolute Gasteiger partial charge is 0.461 e. The molecule has 5 nitrogen and oxygen atoms in total. The first-order valence-corrected chi connectivity index (χ1v) is 9.47. The van der Waals surface area contributed by atoms with E-state index in [9.17, 15) is 4.79 Å². The molecule has 0 amide bonds. The fourth-order valence-corrected chi connectivity index (χ4v) is 3.77. The Bertz CT molecular complexity index is 972. The minimum absolute atomic E-state index is 0.182. The van der Waals surface area contributed by atoms with Crippen LogP contribution in [0.1, 0.15) is 54.1 Å². The Morgan fingerprint density at radius 3 is 2.62 bits per heavy atom. The molecule has 0 unspecified atom stereocenters. The van der Waals surface area contributed by atoms with Crippen LogP contribution in [-0.2, 0) is 4.74 Å². The molecule has 0 aliphatic heterocycles. The van der Waals surface area contributed by atoms with Crippen molar-refractivity contribution in [2.75, 3.05) is 6.61 Å². The van der Waals surface area contributed by atoms with Gasteiger partial charge in [-0.3, -0.25) is 0 Å². The number of ether oxygens (including phenoxy) is 1. The standard InChI is InChI=1S/C20H22BrN3O2/c1-6-26-20(25)15-10-16(11(2)3)24-19(22-15)18(13(5)23-24)17-12(4)8-7-9-14(17)21/h7-11H,6H2,1-5H3. The lowest BCUT2D eigenvalue weighted by Crippen LogP contribution is -2.12. The molecule has 0 spiro atoms. The van der Waals surface area contributed by atoms with E-state index in [1.807, 2.05) is 23.6 Å². The summed E-state index contributed by atoms with van der Waals surface area (Å²) in [6.45, 7) is 10.3. The quantitative estimate of drug-likeness (QED) is 0.557. The van der Waals surface area contributed by atoms with Gasteiger partial charge in [0, 0.05) is 15.7 Å². The van der Waals surface area contributed by atoms with Gasteiger partial charge in [0.25, 0.3) is 0 Å². The molecule has 6 heteroatoms. The van der Waals surface area contributed by atoms with Gasteiger partial charge in [-0.05, 0) is 44.4 Å². The minimum atomic E-state index is -0.412. The van der Waals surface area contributed by atoms with Gasteiger partial charge >= 0.3 is 5.97 Å². The van der Waals surface area contributed by atoms with Crippen molar-refractivity contribution in [1.29, 1.82) is 0 Å². The van der Waals surface area contributed by atoms with E-state index in [-0.39, 0.29) is 5.92 Å². The summed E-state index contributed by atoms with van der Waals surface area (Å²) in [5.41, 5.74) is 5.88. The highest BCUT2D eigenvalue weighted by Crippen LogP contribution is 2.36. The van der Waals surface area contributed by atoms with Crippen molar-refractivity contribution in [2.45, 2.75) is 40.5 Å². The average molecular weight is 416 g/mol. The normalized spacial score (nSPS) is 11.3. The fourth-order valence-electron chi connectivity index (χ4n) is 3.11. The summed E-state index contributed by atoms with van der Waals surface area (Å²) in [5.74, 6) is -0.230. The molecule has 136 valence electrons. The van der Waals surface area contributed by atoms with Gasteiger partial charge in [0.1, 0.15) is 0 Å². The summed E-state index contributed by atoms with van der Waals surface area (Å²) in [6.07, 6.45) is 0. The van der Waals surface area contributed by atoms with Crippen LogP contribution in [0.25, 0.3) is 16.8 Å². The molecule has 0 saturated carbocycles. The van der Waals surface area contributed by atoms with E-state index in [1.54, 1.807) is 13.0 Å². The Morgan fingerprint density at radius 1 is 1.27 bits per heavy atom. The smallest absolute Gasteiger partial charge is 0.357 e. The number of aryl methyl sites for hydroxylation is 2. The summed E-state index contributed by atoms with van der Waals surface area (Å²) >= 11 is 3.65. The third kappa shape index (κ3) is 3.14. The highest BCUT2D eigenvalue weighted by Gasteiger charge is 2.22. The first kappa shape index (κ1) is 18.6. The molecule has 0 atom stereocenters. The zero-order chi connectivity index (χ0) is 19.0. The van der Waals surface area contributed by atoms with Crippen LogP contribution in [0.4, 0.5) is 0 Å². The van der Waals surface area contributed by atoms with Crippen molar-refractivity contribution >= 4 is 27.5 Å². The van der Waals surface area contributed by atoms with E-state index < -0.39 is 5.97 Å². The third-order valence-corrected chi connectivity index (χ3v) is 5.00. The van der Waals surface area contributed by atoms with Crippen LogP contribution >= 0.6 is 15.9 Å². The lowest BCUT2D eigenvalue weighted by atomic mass is 10.0. The number of esters is 1. The second kappa shape index (κ2) is 7.19. The van der Waals surface area contributed by atoms with Crippen molar-refractivity contribution in [3.05, 3.63) is 51.4 Å². The predicted octanol–water partition coefficient (Wildman–Crippen LogP) is 5.08. The summed E-state index contributed by atoms with van der Waals surface area (Å²) < 4.78 is 7.99. The number of carbonyl (C=O) groups excluding carboxylic acids is 1. The van der Waals surface area contributed by atoms with Crippen LogP contribution < -0.4 is 0 Å². The van der Waals surface area contributed by atoms with Crippen LogP contribution in [0.3, 0.4) is 0 Å². The van der Waals surface area contributed by atoms with E-state index >= 15 is 0 Å². The Labute approximate surface area is 161 Å². The first-order chi connectivity index (χ1) is 12.3. The molecule has 0 aliphatic rings. The summed E-state index contributed by atoms with van der Waals surface area (Å²) in [5, 5.41) is 4.72. The van der Waals surface area contributed by atoms with Gasteiger partial charge in [-0.25, -0.2) is 14.3 Å². The van der Waals surface area contributed by atoms with Gasteiger partial charge in [-0.15, -0.1) is 0 Å². The van der Waals surface area contributed by atoms with Crippen molar-refractivity contribution in [3.63, 3.8) is 0 Å². The third-order valence-electron chi connectivity index (χ3n) is 4.34. The lowest BCUT2D eigenvalue weighted by molar-refractivity contribution is 0.0519. The van der Waals surface area contributed by atoms with Crippen LogP contribution in [0.2, 0.25) is 0 Å². The second-order valence-corrected chi connectivity index (χ2v) is 7.42. The number of halogens is 1. The van der Waals surface area contributed by atoms with Gasteiger partial charge in [-0.1, -0.05) is 41.9 Å². The molecular weight excluding hydrogens is 394 g/mol. The zero-order valence-electron chi connectivity index (χ0n) is 15.6. The molecule has 26 heavy (non-hydrogen) atoms. The molecule has 2 aromatic heterocycles. The SMILES string of the molecule is CCOC(=O)c1cc(C(C)C)n2nc(C)c(-c3c(C)cccc3Br)c2n1. The predicted molar refractivity (Wildman–Crippen MR) is 106 cm³/mol. The number of carbonyl (C=O) groups is 1. The maximum absolute atomic E-state index is 12.3. The summed E-state index contributed by atoms with van der Waals surface area (Å²) in [4.78, 5) is 16.9. The molecule has 0 radical (unpaired) electrons. The number of hydrogen-bond acceptors (Lipinski definition) is 4. The van der Waals surface area contributed by atoms with E-state index in [0.717, 1.165) is 32.6 Å². The molecular formula is C20H22BrN3O2. The molecule has 0 aliphatic carbocycles. The molecule has 3 aromatic rings. The number of hydrogen-bond donors (Lipinski definition) is 0. The molecule has 0 saturated heterocycles.